The van der Waals surface area contributed by atoms with E-state index in [9.17, 15) is 10.1 Å². The molecule has 1 aromatic heterocycles. The van der Waals surface area contributed by atoms with Gasteiger partial charge in [0.05, 0.1) is 12.0 Å². The molecule has 0 amide bonds. The summed E-state index contributed by atoms with van der Waals surface area (Å²) in [7, 11) is 3.09. The smallest absolute Gasteiger partial charge is 0.337 e. The van der Waals surface area contributed by atoms with Crippen LogP contribution in [-0.2, 0) is 0 Å². The molecule has 2 rings (SSSR count). The summed E-state index contributed by atoms with van der Waals surface area (Å²) in [4.78, 5) is 18.7. The Morgan fingerprint density at radius 3 is 2.70 bits per heavy atom. The highest BCUT2D eigenvalue weighted by Gasteiger charge is 2.25. The monoisotopic (exact) mass is 274 g/mol. The Hall–Kier alpha value is -2.70. The maximum atomic E-state index is 11.3. The Balaban J connectivity index is 2.75. The van der Waals surface area contributed by atoms with E-state index in [-0.39, 0.29) is 17.2 Å². The molecule has 1 heterocycles. The number of benzene rings is 1. The van der Waals surface area contributed by atoms with Gasteiger partial charge in [-0.25, -0.2) is 9.97 Å². The third-order valence-electron chi connectivity index (χ3n) is 2.85. The van der Waals surface area contributed by atoms with E-state index in [1.54, 1.807) is 19.2 Å². The molecule has 7 nitrogen and oxygen atoms in total. The van der Waals surface area contributed by atoms with Crippen molar-refractivity contribution in [1.29, 1.82) is 0 Å². The van der Waals surface area contributed by atoms with Gasteiger partial charge in [0.2, 0.25) is 5.82 Å². The number of anilines is 1. The van der Waals surface area contributed by atoms with Crippen LogP contribution in [0.5, 0.6) is 5.75 Å². The molecule has 1 aromatic carbocycles. The molecule has 0 aliphatic carbocycles. The van der Waals surface area contributed by atoms with E-state index >= 15 is 0 Å². The SMILES string of the molecule is CNc1ncnc(-c2cc(C)ccc2OC)c1[N+](=O)[O-]. The van der Waals surface area contributed by atoms with E-state index in [1.807, 2.05) is 13.0 Å². The van der Waals surface area contributed by atoms with Crippen LogP contribution in [-0.4, -0.2) is 29.0 Å². The predicted octanol–water partition coefficient (Wildman–Crippen LogP) is 2.41. The summed E-state index contributed by atoms with van der Waals surface area (Å²) in [5.74, 6) is 0.697. The van der Waals surface area contributed by atoms with E-state index < -0.39 is 4.92 Å². The van der Waals surface area contributed by atoms with Crippen molar-refractivity contribution in [2.24, 2.45) is 0 Å². The average molecular weight is 274 g/mol. The molecule has 0 atom stereocenters. The topological polar surface area (TPSA) is 90.2 Å². The summed E-state index contributed by atoms with van der Waals surface area (Å²) in [5.41, 5.74) is 1.59. The molecule has 0 saturated carbocycles. The van der Waals surface area contributed by atoms with Gasteiger partial charge in [-0.3, -0.25) is 10.1 Å². The number of nitrogens with one attached hydrogen (secondary N) is 1. The molecule has 0 radical (unpaired) electrons. The molecule has 20 heavy (non-hydrogen) atoms. The first kappa shape index (κ1) is 13.7. The second kappa shape index (κ2) is 5.52. The first-order valence-corrected chi connectivity index (χ1v) is 5.90. The van der Waals surface area contributed by atoms with Crippen LogP contribution in [0, 0.1) is 17.0 Å². The molecule has 7 heteroatoms. The van der Waals surface area contributed by atoms with Gasteiger partial charge >= 0.3 is 5.69 Å². The van der Waals surface area contributed by atoms with E-state index in [0.29, 0.717) is 11.3 Å². The van der Waals surface area contributed by atoms with Gasteiger partial charge in [0.1, 0.15) is 12.1 Å². The predicted molar refractivity (Wildman–Crippen MR) is 75.0 cm³/mol. The Morgan fingerprint density at radius 2 is 2.10 bits per heavy atom. The van der Waals surface area contributed by atoms with Gasteiger partial charge in [-0.05, 0) is 19.1 Å². The van der Waals surface area contributed by atoms with Crippen LogP contribution in [0.4, 0.5) is 11.5 Å². The van der Waals surface area contributed by atoms with Crippen LogP contribution in [0.1, 0.15) is 5.56 Å². The lowest BCUT2D eigenvalue weighted by atomic mass is 10.1. The van der Waals surface area contributed by atoms with Gasteiger partial charge < -0.3 is 10.1 Å². The molecule has 1 N–H and O–H groups in total. The Morgan fingerprint density at radius 1 is 1.35 bits per heavy atom. The van der Waals surface area contributed by atoms with Gasteiger partial charge in [-0.2, -0.15) is 0 Å². The summed E-state index contributed by atoms with van der Waals surface area (Å²) in [6, 6.07) is 5.43. The molecular weight excluding hydrogens is 260 g/mol. The van der Waals surface area contributed by atoms with E-state index in [0.717, 1.165) is 5.56 Å². The van der Waals surface area contributed by atoms with Crippen molar-refractivity contribution < 1.29 is 9.66 Å². The maximum absolute atomic E-state index is 11.3. The molecule has 0 fully saturated rings. The number of methoxy groups -OCH3 is 1. The standard InChI is InChI=1S/C13H14N4O3/c1-8-4-5-10(20-3)9(6-8)11-12(17(18)19)13(14-2)16-7-15-11/h4-7H,1-3H3,(H,14,15,16). The van der Waals surface area contributed by atoms with Crippen LogP contribution in [0.3, 0.4) is 0 Å². The lowest BCUT2D eigenvalue weighted by Crippen LogP contribution is -2.03. The van der Waals surface area contributed by atoms with Crippen molar-refractivity contribution in [2.45, 2.75) is 6.92 Å². The third kappa shape index (κ3) is 2.37. The minimum Gasteiger partial charge on any atom is -0.496 e. The molecule has 0 saturated heterocycles. The number of hydrogen-bond donors (Lipinski definition) is 1. The van der Waals surface area contributed by atoms with Gasteiger partial charge in [0.15, 0.2) is 5.69 Å². The van der Waals surface area contributed by atoms with Crippen molar-refractivity contribution in [3.63, 3.8) is 0 Å². The minimum absolute atomic E-state index is 0.168. The van der Waals surface area contributed by atoms with E-state index in [1.165, 1.54) is 13.4 Å². The van der Waals surface area contributed by atoms with Crippen molar-refractivity contribution in [3.05, 3.63) is 40.2 Å². The quantitative estimate of drug-likeness (QED) is 0.680. The fourth-order valence-electron chi connectivity index (χ4n) is 1.94. The number of hydrogen-bond acceptors (Lipinski definition) is 6. The number of nitrogens with zero attached hydrogens (tertiary/aromatic N) is 3. The van der Waals surface area contributed by atoms with Gasteiger partial charge in [-0.15, -0.1) is 0 Å². The highest BCUT2D eigenvalue weighted by Crippen LogP contribution is 2.37. The second-order valence-electron chi connectivity index (χ2n) is 4.13. The molecule has 2 aromatic rings. The molecule has 0 aliphatic rings. The maximum Gasteiger partial charge on any atom is 0.337 e. The zero-order chi connectivity index (χ0) is 14.7. The summed E-state index contributed by atoms with van der Waals surface area (Å²) in [5, 5.41) is 14.0. The lowest BCUT2D eigenvalue weighted by Gasteiger charge is -2.10. The van der Waals surface area contributed by atoms with Crippen molar-refractivity contribution in [2.75, 3.05) is 19.5 Å². The molecular formula is C13H14N4O3. The van der Waals surface area contributed by atoms with Crippen molar-refractivity contribution in [1.82, 2.24) is 9.97 Å². The Bertz CT molecular complexity index is 658. The van der Waals surface area contributed by atoms with Crippen molar-refractivity contribution >= 4 is 11.5 Å². The highest BCUT2D eigenvalue weighted by atomic mass is 16.6. The summed E-state index contributed by atoms with van der Waals surface area (Å²) < 4.78 is 5.26. The average Bonchev–Trinajstić information content (AvgIpc) is 2.46. The number of ether oxygens (including phenoxy) is 1. The first-order chi connectivity index (χ1) is 9.58. The number of aryl methyl sites for hydroxylation is 1. The number of nitro groups is 1. The van der Waals surface area contributed by atoms with Crippen LogP contribution in [0.25, 0.3) is 11.3 Å². The molecule has 104 valence electrons. The fraction of sp³-hybridized carbons (Fsp3) is 0.231. The zero-order valence-corrected chi connectivity index (χ0v) is 11.4. The van der Waals surface area contributed by atoms with Crippen LogP contribution in [0.15, 0.2) is 24.5 Å². The summed E-state index contributed by atoms with van der Waals surface area (Å²) in [6.07, 6.45) is 1.29. The molecule has 0 spiro atoms. The van der Waals surface area contributed by atoms with Crippen molar-refractivity contribution in [3.8, 4) is 17.0 Å². The molecule has 0 bridgehead atoms. The first-order valence-electron chi connectivity index (χ1n) is 5.90. The summed E-state index contributed by atoms with van der Waals surface area (Å²) in [6.45, 7) is 1.90. The molecule has 0 unspecified atom stereocenters. The molecule has 0 aliphatic heterocycles. The second-order valence-corrected chi connectivity index (χ2v) is 4.13. The number of aromatic nitrogens is 2. The minimum atomic E-state index is -0.497. The third-order valence-corrected chi connectivity index (χ3v) is 2.85. The highest BCUT2D eigenvalue weighted by molar-refractivity contribution is 5.80. The normalized spacial score (nSPS) is 10.2. The largest absolute Gasteiger partial charge is 0.496 e. The van der Waals surface area contributed by atoms with Crippen LogP contribution in [0.2, 0.25) is 0 Å². The lowest BCUT2D eigenvalue weighted by molar-refractivity contribution is -0.383. The van der Waals surface area contributed by atoms with E-state index in [4.69, 9.17) is 4.74 Å². The fourth-order valence-corrected chi connectivity index (χ4v) is 1.94. The van der Waals surface area contributed by atoms with Gasteiger partial charge in [0.25, 0.3) is 0 Å². The van der Waals surface area contributed by atoms with Crippen LogP contribution >= 0.6 is 0 Å². The Kier molecular flexibility index (Phi) is 3.79. The number of rotatable bonds is 4. The van der Waals surface area contributed by atoms with Gasteiger partial charge in [0, 0.05) is 12.6 Å². The van der Waals surface area contributed by atoms with Gasteiger partial charge in [-0.1, -0.05) is 11.6 Å². The summed E-state index contributed by atoms with van der Waals surface area (Å²) >= 11 is 0. The Labute approximate surface area is 115 Å². The van der Waals surface area contributed by atoms with Crippen LogP contribution < -0.4 is 10.1 Å². The van der Waals surface area contributed by atoms with E-state index in [2.05, 4.69) is 15.3 Å². The zero-order valence-electron chi connectivity index (χ0n) is 11.4.